The zero-order valence-corrected chi connectivity index (χ0v) is 13.3. The average molecular weight is 328 g/mol. The fraction of sp³-hybridized carbons (Fsp3) is 0.846. The summed E-state index contributed by atoms with van der Waals surface area (Å²) in [7, 11) is 1.07. The first-order chi connectivity index (χ1) is 9.79. The van der Waals surface area contributed by atoms with E-state index in [0.717, 1.165) is 7.05 Å². The largest absolute Gasteiger partial charge is 0.480 e. The number of hydrogen-bond acceptors (Lipinski definition) is 4. The van der Waals surface area contributed by atoms with Crippen molar-refractivity contribution in [1.82, 2.24) is 10.2 Å². The molecule has 0 aromatic carbocycles. The first kappa shape index (κ1) is 20.5. The predicted octanol–water partition coefficient (Wildman–Crippen LogP) is 2.24. The summed E-state index contributed by atoms with van der Waals surface area (Å²) < 4.78 is 44.1. The number of ether oxygens (including phenoxy) is 1. The van der Waals surface area contributed by atoms with Gasteiger partial charge in [0.1, 0.15) is 17.7 Å². The third kappa shape index (κ3) is 6.97. The van der Waals surface area contributed by atoms with Gasteiger partial charge in [-0.25, -0.2) is 4.79 Å². The third-order valence-corrected chi connectivity index (χ3v) is 2.87. The summed E-state index contributed by atoms with van der Waals surface area (Å²) >= 11 is 0. The van der Waals surface area contributed by atoms with Crippen molar-refractivity contribution in [1.29, 1.82) is 0 Å². The van der Waals surface area contributed by atoms with Crippen LogP contribution in [0.1, 0.15) is 34.1 Å². The number of alkyl halides is 3. The van der Waals surface area contributed by atoms with E-state index in [9.17, 15) is 22.8 Å². The second-order valence-corrected chi connectivity index (χ2v) is 5.87. The van der Waals surface area contributed by atoms with Crippen LogP contribution in [-0.2, 0) is 9.53 Å². The Hall–Kier alpha value is -1.51. The van der Waals surface area contributed by atoms with Crippen LogP contribution in [0, 0.1) is 0 Å². The number of carbonyl (C=O) groups is 2. The molecule has 0 aliphatic carbocycles. The van der Waals surface area contributed by atoms with Crippen molar-refractivity contribution in [3.8, 4) is 0 Å². The van der Waals surface area contributed by atoms with Gasteiger partial charge < -0.3 is 15.2 Å². The molecule has 0 aromatic rings. The van der Waals surface area contributed by atoms with E-state index in [0.29, 0.717) is 4.90 Å². The number of likely N-dealkylation sites (N-methyl/N-ethyl adjacent to an activating group) is 1. The van der Waals surface area contributed by atoms with Gasteiger partial charge in [0.15, 0.2) is 0 Å². The van der Waals surface area contributed by atoms with E-state index in [4.69, 9.17) is 9.84 Å². The third-order valence-electron chi connectivity index (χ3n) is 2.87. The normalized spacial score (nSPS) is 15.3. The molecule has 2 N–H and O–H groups in total. The molecular weight excluding hydrogens is 305 g/mol. The standard InChI is InChI=1S/C13H23F3N2O4/c1-6-8(10(19)20)18(5)9(13(14,15)16)7-17-11(21)22-12(2,3)4/h8-9H,6-7H2,1-5H3,(H,17,21)(H,19,20). The van der Waals surface area contributed by atoms with Crippen LogP contribution >= 0.6 is 0 Å². The fourth-order valence-corrected chi connectivity index (χ4v) is 1.84. The van der Waals surface area contributed by atoms with Crippen molar-refractivity contribution in [2.75, 3.05) is 13.6 Å². The highest BCUT2D eigenvalue weighted by Gasteiger charge is 2.45. The van der Waals surface area contributed by atoms with E-state index in [-0.39, 0.29) is 6.42 Å². The molecule has 0 heterocycles. The molecule has 0 aromatic heterocycles. The van der Waals surface area contributed by atoms with Gasteiger partial charge in [0.05, 0.1) is 0 Å². The van der Waals surface area contributed by atoms with E-state index < -0.39 is 42.5 Å². The number of rotatable bonds is 6. The van der Waals surface area contributed by atoms with E-state index in [1.54, 1.807) is 20.8 Å². The number of amides is 1. The van der Waals surface area contributed by atoms with Crippen molar-refractivity contribution in [3.63, 3.8) is 0 Å². The highest BCUT2D eigenvalue weighted by molar-refractivity contribution is 5.73. The number of carboxylic acids is 1. The maximum atomic E-state index is 13.1. The number of halogens is 3. The first-order valence-corrected chi connectivity index (χ1v) is 6.78. The highest BCUT2D eigenvalue weighted by atomic mass is 19.4. The number of alkyl carbamates (subject to hydrolysis) is 1. The van der Waals surface area contributed by atoms with Gasteiger partial charge in [-0.3, -0.25) is 9.69 Å². The summed E-state index contributed by atoms with van der Waals surface area (Å²) in [5, 5.41) is 11.0. The second-order valence-electron chi connectivity index (χ2n) is 5.87. The monoisotopic (exact) mass is 328 g/mol. The Morgan fingerprint density at radius 1 is 1.27 bits per heavy atom. The Kier molecular flexibility index (Phi) is 7.14. The Balaban J connectivity index is 4.95. The molecule has 0 saturated heterocycles. The lowest BCUT2D eigenvalue weighted by atomic mass is 10.1. The quantitative estimate of drug-likeness (QED) is 0.782. The van der Waals surface area contributed by atoms with Crippen LogP contribution in [0.2, 0.25) is 0 Å². The molecule has 22 heavy (non-hydrogen) atoms. The summed E-state index contributed by atoms with van der Waals surface area (Å²) in [5.41, 5.74) is -0.837. The first-order valence-electron chi connectivity index (χ1n) is 6.78. The van der Waals surface area contributed by atoms with Gasteiger partial charge in [0.2, 0.25) is 0 Å². The van der Waals surface area contributed by atoms with E-state index in [2.05, 4.69) is 0 Å². The number of hydrogen-bond donors (Lipinski definition) is 2. The van der Waals surface area contributed by atoms with Gasteiger partial charge in [-0.05, 0) is 34.2 Å². The molecule has 2 unspecified atom stereocenters. The number of nitrogens with zero attached hydrogens (tertiary/aromatic N) is 1. The van der Waals surface area contributed by atoms with Crippen molar-refractivity contribution in [2.24, 2.45) is 0 Å². The number of nitrogens with one attached hydrogen (secondary N) is 1. The molecule has 2 atom stereocenters. The molecule has 0 saturated carbocycles. The highest BCUT2D eigenvalue weighted by Crippen LogP contribution is 2.26. The van der Waals surface area contributed by atoms with Crippen LogP contribution in [0.5, 0.6) is 0 Å². The zero-order chi connectivity index (χ0) is 17.7. The second kappa shape index (κ2) is 7.66. The van der Waals surface area contributed by atoms with Crippen LogP contribution in [0.3, 0.4) is 0 Å². The minimum atomic E-state index is -4.69. The van der Waals surface area contributed by atoms with Gasteiger partial charge in [0, 0.05) is 6.54 Å². The van der Waals surface area contributed by atoms with Crippen molar-refractivity contribution >= 4 is 12.1 Å². The summed E-state index contributed by atoms with van der Waals surface area (Å²) in [5.74, 6) is -1.35. The SMILES string of the molecule is CCC(C(=O)O)N(C)C(CNC(=O)OC(C)(C)C)C(F)(F)F. The van der Waals surface area contributed by atoms with Crippen LogP contribution in [0.25, 0.3) is 0 Å². The van der Waals surface area contributed by atoms with Crippen molar-refractivity contribution in [2.45, 2.75) is 58.0 Å². The molecule has 1 amide bonds. The molecule has 0 aliphatic heterocycles. The lowest BCUT2D eigenvalue weighted by Gasteiger charge is -2.33. The van der Waals surface area contributed by atoms with Crippen LogP contribution < -0.4 is 5.32 Å². The van der Waals surface area contributed by atoms with Crippen LogP contribution in [0.4, 0.5) is 18.0 Å². The summed E-state index contributed by atoms with van der Waals surface area (Å²) in [6.07, 6.45) is -5.67. The molecule has 0 rings (SSSR count). The minimum absolute atomic E-state index is 0.00481. The van der Waals surface area contributed by atoms with E-state index in [1.807, 2.05) is 5.32 Å². The van der Waals surface area contributed by atoms with Crippen molar-refractivity contribution in [3.05, 3.63) is 0 Å². The molecule has 130 valence electrons. The average Bonchev–Trinajstić information content (AvgIpc) is 2.24. The van der Waals surface area contributed by atoms with E-state index in [1.165, 1.54) is 6.92 Å². The van der Waals surface area contributed by atoms with E-state index >= 15 is 0 Å². The Labute approximate surface area is 127 Å². The van der Waals surface area contributed by atoms with Gasteiger partial charge in [-0.1, -0.05) is 6.92 Å². The Morgan fingerprint density at radius 3 is 2.09 bits per heavy atom. The molecular formula is C13H23F3N2O4. The van der Waals surface area contributed by atoms with Crippen LogP contribution in [0.15, 0.2) is 0 Å². The molecule has 9 heteroatoms. The summed E-state index contributed by atoms with van der Waals surface area (Å²) in [6, 6.07) is -3.42. The fourth-order valence-electron chi connectivity index (χ4n) is 1.84. The summed E-state index contributed by atoms with van der Waals surface area (Å²) in [6.45, 7) is 5.43. The van der Waals surface area contributed by atoms with Crippen molar-refractivity contribution < 1.29 is 32.6 Å². The Morgan fingerprint density at radius 2 is 1.77 bits per heavy atom. The van der Waals surface area contributed by atoms with Gasteiger partial charge in [-0.2, -0.15) is 13.2 Å². The van der Waals surface area contributed by atoms with Crippen LogP contribution in [-0.4, -0.2) is 59.5 Å². The van der Waals surface area contributed by atoms with Gasteiger partial charge in [-0.15, -0.1) is 0 Å². The maximum Gasteiger partial charge on any atom is 0.407 e. The number of carbonyl (C=O) groups excluding carboxylic acids is 1. The predicted molar refractivity (Wildman–Crippen MR) is 73.6 cm³/mol. The topological polar surface area (TPSA) is 78.9 Å². The molecule has 0 bridgehead atoms. The number of carboxylic acid groups (broad SMARTS) is 1. The van der Waals surface area contributed by atoms with Gasteiger partial charge in [0.25, 0.3) is 0 Å². The lowest BCUT2D eigenvalue weighted by molar-refractivity contribution is -0.187. The Bertz CT molecular complexity index is 394. The summed E-state index contributed by atoms with van der Waals surface area (Å²) in [4.78, 5) is 23.2. The minimum Gasteiger partial charge on any atom is -0.480 e. The molecule has 0 spiro atoms. The van der Waals surface area contributed by atoms with Gasteiger partial charge >= 0.3 is 18.2 Å². The number of aliphatic carboxylic acids is 1. The molecule has 0 radical (unpaired) electrons. The smallest absolute Gasteiger partial charge is 0.407 e. The molecule has 0 aliphatic rings. The maximum absolute atomic E-state index is 13.1. The molecule has 0 fully saturated rings. The zero-order valence-electron chi connectivity index (χ0n) is 13.3. The molecule has 6 nitrogen and oxygen atoms in total. The lowest BCUT2D eigenvalue weighted by Crippen LogP contribution is -2.56.